The van der Waals surface area contributed by atoms with Gasteiger partial charge in [-0.05, 0) is 73.2 Å². The summed E-state index contributed by atoms with van der Waals surface area (Å²) >= 11 is 1.82. The molecule has 0 unspecified atom stereocenters. The summed E-state index contributed by atoms with van der Waals surface area (Å²) in [4.78, 5) is 3.69. The van der Waals surface area contributed by atoms with E-state index in [1.165, 1.54) is 53.6 Å². The van der Waals surface area contributed by atoms with Crippen molar-refractivity contribution >= 4 is 49.8 Å². The Bertz CT molecular complexity index is 1860. The average Bonchev–Trinajstić information content (AvgIpc) is 3.48. The fourth-order valence-electron chi connectivity index (χ4n) is 6.21. The van der Waals surface area contributed by atoms with Gasteiger partial charge in [-0.15, -0.1) is 11.3 Å². The fraction of sp³-hybridized carbons (Fsp3) is 0.265. The van der Waals surface area contributed by atoms with Crippen LogP contribution in [-0.2, 0) is 14.7 Å². The number of thiophene rings is 1. The van der Waals surface area contributed by atoms with E-state index >= 15 is 0 Å². The fourth-order valence-corrected chi connectivity index (χ4v) is 7.46. The van der Waals surface area contributed by atoms with E-state index in [-0.39, 0.29) is 5.41 Å². The second-order valence-corrected chi connectivity index (χ2v) is 13.4. The highest BCUT2D eigenvalue weighted by Gasteiger charge is 2.52. The summed E-state index contributed by atoms with van der Waals surface area (Å²) in [7, 11) is -0.412. The molecule has 0 N–H and O–H groups in total. The van der Waals surface area contributed by atoms with Crippen LogP contribution >= 0.6 is 11.3 Å². The van der Waals surface area contributed by atoms with Crippen LogP contribution in [-0.4, -0.2) is 18.3 Å². The van der Waals surface area contributed by atoms with Gasteiger partial charge in [0.1, 0.15) is 0 Å². The van der Waals surface area contributed by atoms with Gasteiger partial charge in [0.15, 0.2) is 5.69 Å². The first-order chi connectivity index (χ1) is 18.5. The second-order valence-electron chi connectivity index (χ2n) is 12.3. The van der Waals surface area contributed by atoms with Crippen LogP contribution in [0.15, 0.2) is 72.8 Å². The van der Waals surface area contributed by atoms with E-state index < -0.39 is 18.3 Å². The van der Waals surface area contributed by atoms with Gasteiger partial charge >= 0.3 is 7.12 Å². The molecule has 1 aliphatic carbocycles. The molecule has 1 aliphatic heterocycles. The van der Waals surface area contributed by atoms with Crippen LogP contribution in [0.2, 0.25) is 0 Å². The van der Waals surface area contributed by atoms with Crippen LogP contribution in [0.4, 0.5) is 5.69 Å². The van der Waals surface area contributed by atoms with Crippen molar-refractivity contribution in [2.24, 2.45) is 0 Å². The molecule has 0 amide bonds. The molecule has 5 aromatic rings. The summed E-state index contributed by atoms with van der Waals surface area (Å²) in [5.74, 6) is 0. The molecule has 1 aromatic heterocycles. The zero-order valence-corrected chi connectivity index (χ0v) is 24.0. The van der Waals surface area contributed by atoms with E-state index in [4.69, 9.17) is 15.9 Å². The number of hydrogen-bond acceptors (Lipinski definition) is 3. The molecule has 2 heterocycles. The van der Waals surface area contributed by atoms with Gasteiger partial charge in [-0.3, -0.25) is 0 Å². The zero-order chi connectivity index (χ0) is 27.3. The number of fused-ring (bicyclic) bond motifs is 6. The molecule has 7 rings (SSSR count). The second kappa shape index (κ2) is 8.05. The summed E-state index contributed by atoms with van der Waals surface area (Å²) in [6.07, 6.45) is 0. The Morgan fingerprint density at radius 3 is 2.10 bits per heavy atom. The van der Waals surface area contributed by atoms with Crippen molar-refractivity contribution in [2.45, 2.75) is 58.2 Å². The van der Waals surface area contributed by atoms with Gasteiger partial charge in [0.25, 0.3) is 0 Å². The molecular formula is C34H30BNO2S. The maximum absolute atomic E-state index is 7.50. The van der Waals surface area contributed by atoms with Gasteiger partial charge in [-0.2, -0.15) is 0 Å². The third-order valence-electron chi connectivity index (χ3n) is 9.16. The predicted octanol–water partition coefficient (Wildman–Crippen LogP) is 8.88. The minimum atomic E-state index is -0.412. The summed E-state index contributed by atoms with van der Waals surface area (Å²) in [5.41, 5.74) is 8.26. The van der Waals surface area contributed by atoms with Crippen LogP contribution in [0.3, 0.4) is 0 Å². The minimum Gasteiger partial charge on any atom is -0.399 e. The normalized spacial score (nSPS) is 18.3. The molecular weight excluding hydrogens is 497 g/mol. The lowest BCUT2D eigenvalue weighted by molar-refractivity contribution is 0.00578. The SMILES string of the molecule is [C-]#[N+]c1ccc2c(c1)C(C)(C)c1cc(-c3ccc(B4OC(C)(C)C(C)(C)O4)c4sc5ccccc5c34)ccc1-2. The Labute approximate surface area is 234 Å². The summed E-state index contributed by atoms with van der Waals surface area (Å²) < 4.78 is 15.5. The highest BCUT2D eigenvalue weighted by atomic mass is 32.1. The van der Waals surface area contributed by atoms with Gasteiger partial charge in [-0.25, -0.2) is 4.85 Å². The number of nitrogens with zero attached hydrogens (tertiary/aromatic N) is 1. The third kappa shape index (κ3) is 3.42. The molecule has 0 saturated carbocycles. The van der Waals surface area contributed by atoms with Crippen molar-refractivity contribution < 1.29 is 9.31 Å². The number of hydrogen-bond donors (Lipinski definition) is 0. The molecule has 0 atom stereocenters. The molecule has 192 valence electrons. The van der Waals surface area contributed by atoms with Crippen molar-refractivity contribution in [2.75, 3.05) is 0 Å². The number of rotatable bonds is 2. The van der Waals surface area contributed by atoms with E-state index in [9.17, 15) is 0 Å². The van der Waals surface area contributed by atoms with Gasteiger partial charge in [0.2, 0.25) is 0 Å². The third-order valence-corrected chi connectivity index (χ3v) is 10.4. The van der Waals surface area contributed by atoms with Gasteiger partial charge < -0.3 is 9.31 Å². The van der Waals surface area contributed by atoms with Crippen molar-refractivity contribution in [3.05, 3.63) is 95.3 Å². The zero-order valence-electron chi connectivity index (χ0n) is 23.2. The lowest BCUT2D eigenvalue weighted by Gasteiger charge is -2.32. The van der Waals surface area contributed by atoms with Crippen LogP contribution < -0.4 is 5.46 Å². The van der Waals surface area contributed by atoms with Crippen molar-refractivity contribution in [1.82, 2.24) is 0 Å². The minimum absolute atomic E-state index is 0.181. The Balaban J connectivity index is 1.43. The van der Waals surface area contributed by atoms with E-state index in [1.54, 1.807) is 0 Å². The standard InChI is InChI=1S/C34H30BNO2S/c1-32(2)26-18-20(12-14-23(26)24-15-13-21(36-7)19-27(24)32)22-16-17-28(35-37-33(3,4)34(5,6)38-35)31-30(22)25-10-8-9-11-29(25)39-31/h8-19H,1-6H3. The molecule has 1 saturated heterocycles. The molecule has 0 radical (unpaired) electrons. The van der Waals surface area contributed by atoms with E-state index in [1.807, 2.05) is 17.4 Å². The van der Waals surface area contributed by atoms with E-state index in [2.05, 4.69) is 113 Å². The highest BCUT2D eigenvalue weighted by molar-refractivity contribution is 7.27. The van der Waals surface area contributed by atoms with Crippen molar-refractivity contribution in [3.8, 4) is 22.3 Å². The molecule has 39 heavy (non-hydrogen) atoms. The molecule has 2 aliphatic rings. The highest BCUT2D eigenvalue weighted by Crippen LogP contribution is 2.51. The molecule has 3 nitrogen and oxygen atoms in total. The Kier molecular flexibility index (Phi) is 5.08. The topological polar surface area (TPSA) is 22.8 Å². The van der Waals surface area contributed by atoms with Crippen molar-refractivity contribution in [3.63, 3.8) is 0 Å². The van der Waals surface area contributed by atoms with Crippen molar-refractivity contribution in [1.29, 1.82) is 0 Å². The smallest absolute Gasteiger partial charge is 0.399 e. The molecule has 0 bridgehead atoms. The lowest BCUT2D eigenvalue weighted by atomic mass is 9.77. The quantitative estimate of drug-likeness (QED) is 0.169. The largest absolute Gasteiger partial charge is 0.496 e. The van der Waals surface area contributed by atoms with Crippen LogP contribution in [0.1, 0.15) is 52.7 Å². The first-order valence-electron chi connectivity index (χ1n) is 13.5. The molecule has 0 spiro atoms. The maximum Gasteiger partial charge on any atom is 0.496 e. The van der Waals surface area contributed by atoms with E-state index in [0.29, 0.717) is 5.69 Å². The summed E-state index contributed by atoms with van der Waals surface area (Å²) in [6.45, 7) is 20.5. The van der Waals surface area contributed by atoms with Gasteiger partial charge in [-0.1, -0.05) is 74.5 Å². The predicted molar refractivity (Wildman–Crippen MR) is 164 cm³/mol. The maximum atomic E-state index is 7.50. The monoisotopic (exact) mass is 527 g/mol. The summed E-state index contributed by atoms with van der Waals surface area (Å²) in [5, 5.41) is 2.52. The van der Waals surface area contributed by atoms with Crippen LogP contribution in [0.5, 0.6) is 0 Å². The molecule has 1 fully saturated rings. The van der Waals surface area contributed by atoms with Gasteiger partial charge in [0, 0.05) is 31.1 Å². The average molecular weight is 527 g/mol. The summed E-state index contributed by atoms with van der Waals surface area (Å²) in [6, 6.07) is 26.1. The first-order valence-corrected chi connectivity index (χ1v) is 14.3. The van der Waals surface area contributed by atoms with E-state index in [0.717, 1.165) is 5.46 Å². The van der Waals surface area contributed by atoms with Crippen LogP contribution in [0.25, 0.3) is 47.3 Å². The Morgan fingerprint density at radius 2 is 1.38 bits per heavy atom. The number of benzene rings is 4. The molecule has 5 heteroatoms. The Morgan fingerprint density at radius 1 is 0.744 bits per heavy atom. The first kappa shape index (κ1) is 24.6. The van der Waals surface area contributed by atoms with Gasteiger partial charge in [0.05, 0.1) is 17.8 Å². The Hall–Kier alpha value is -3.43. The van der Waals surface area contributed by atoms with Crippen LogP contribution in [0, 0.1) is 6.57 Å². The molecule has 4 aromatic carbocycles. The lowest BCUT2D eigenvalue weighted by Crippen LogP contribution is -2.41.